The van der Waals surface area contributed by atoms with Crippen LogP contribution in [0.25, 0.3) is 10.9 Å². The van der Waals surface area contributed by atoms with Crippen molar-refractivity contribution in [2.24, 2.45) is 5.92 Å². The molecule has 2 aliphatic heterocycles. The van der Waals surface area contributed by atoms with Crippen molar-refractivity contribution in [1.82, 2.24) is 20.0 Å². The minimum absolute atomic E-state index is 0.137. The lowest BCUT2D eigenvalue weighted by molar-refractivity contribution is -0.0933. The first-order valence-corrected chi connectivity index (χ1v) is 12.1. The molecule has 0 bridgehead atoms. The fourth-order valence-corrected chi connectivity index (χ4v) is 5.46. The van der Waals surface area contributed by atoms with Crippen molar-refractivity contribution in [3.8, 4) is 5.75 Å². The van der Waals surface area contributed by atoms with Gasteiger partial charge in [0.05, 0.1) is 24.4 Å². The lowest BCUT2D eigenvalue weighted by atomic mass is 9.85. The maximum Gasteiger partial charge on any atom is 0.431 e. The third kappa shape index (κ3) is 4.81. The van der Waals surface area contributed by atoms with Crippen LogP contribution in [0.5, 0.6) is 5.75 Å². The predicted octanol–water partition coefficient (Wildman–Crippen LogP) is 4.50. The van der Waals surface area contributed by atoms with Gasteiger partial charge in [0.1, 0.15) is 11.4 Å². The zero-order valence-electron chi connectivity index (χ0n) is 19.5. The number of piperazine rings is 1. The first kappa shape index (κ1) is 23.2. The maximum absolute atomic E-state index is 13.6. The van der Waals surface area contributed by atoms with Crippen molar-refractivity contribution >= 4 is 16.6 Å². The Kier molecular flexibility index (Phi) is 6.57. The second-order valence-electron chi connectivity index (χ2n) is 9.51. The van der Waals surface area contributed by atoms with E-state index < -0.39 is 11.9 Å². The van der Waals surface area contributed by atoms with E-state index >= 15 is 0 Å². The molecule has 1 aromatic carbocycles. The van der Waals surface area contributed by atoms with Crippen LogP contribution in [0.2, 0.25) is 0 Å². The number of allylic oxidation sites excluding steroid dienone is 3. The Morgan fingerprint density at radius 2 is 1.88 bits per heavy atom. The lowest BCUT2D eigenvalue weighted by Crippen LogP contribution is -2.45. The van der Waals surface area contributed by atoms with Crippen molar-refractivity contribution in [2.75, 3.05) is 51.3 Å². The highest BCUT2D eigenvalue weighted by molar-refractivity contribution is 5.86. The average Bonchev–Trinajstić information content (AvgIpc) is 3.27. The van der Waals surface area contributed by atoms with Crippen molar-refractivity contribution in [2.45, 2.75) is 37.9 Å². The van der Waals surface area contributed by atoms with E-state index in [0.717, 1.165) is 61.9 Å². The van der Waals surface area contributed by atoms with Crippen molar-refractivity contribution in [3.63, 3.8) is 0 Å². The molecule has 1 aromatic heterocycles. The Bertz CT molecular complexity index is 1060. The predicted molar refractivity (Wildman–Crippen MR) is 127 cm³/mol. The van der Waals surface area contributed by atoms with Gasteiger partial charge in [-0.25, -0.2) is 0 Å². The Labute approximate surface area is 198 Å². The number of benzene rings is 1. The molecule has 1 aliphatic carbocycles. The molecule has 0 unspecified atom stereocenters. The minimum Gasteiger partial charge on any atom is -0.494 e. The molecule has 6 nitrogen and oxygen atoms in total. The van der Waals surface area contributed by atoms with Gasteiger partial charge in [0.2, 0.25) is 0 Å². The smallest absolute Gasteiger partial charge is 0.431 e. The van der Waals surface area contributed by atoms with E-state index in [1.807, 2.05) is 10.9 Å². The van der Waals surface area contributed by atoms with Gasteiger partial charge in [0.25, 0.3) is 0 Å². The number of anilines is 1. The molecule has 1 saturated carbocycles. The summed E-state index contributed by atoms with van der Waals surface area (Å²) in [7, 11) is 1.48. The summed E-state index contributed by atoms with van der Waals surface area (Å²) in [5.74, 6) is 1.12. The van der Waals surface area contributed by atoms with E-state index in [-0.39, 0.29) is 6.54 Å². The van der Waals surface area contributed by atoms with E-state index in [1.54, 1.807) is 18.2 Å². The summed E-state index contributed by atoms with van der Waals surface area (Å²) >= 11 is 0. The highest BCUT2D eigenvalue weighted by Crippen LogP contribution is 2.41. The summed E-state index contributed by atoms with van der Waals surface area (Å²) in [6.45, 7) is 5.73. The number of rotatable bonds is 5. The van der Waals surface area contributed by atoms with Crippen LogP contribution in [-0.4, -0.2) is 67.2 Å². The van der Waals surface area contributed by atoms with Crippen molar-refractivity contribution in [3.05, 3.63) is 42.3 Å². The number of nitrogens with one attached hydrogen (secondary N) is 1. The number of ether oxygens (including phenoxy) is 1. The first-order chi connectivity index (χ1) is 16.4. The SMILES string of the molecule is COc1cc2nn(C3CCC(CN4CCNCC4)CC3)cc2cc1N1CC=CC=C1C(F)(F)F. The third-order valence-corrected chi connectivity index (χ3v) is 7.29. The molecule has 184 valence electrons. The second-order valence-corrected chi connectivity index (χ2v) is 9.51. The number of methoxy groups -OCH3 is 1. The molecular formula is C25H32F3N5O. The molecule has 2 aromatic rings. The Balaban J connectivity index is 1.33. The van der Waals surface area contributed by atoms with Crippen molar-refractivity contribution < 1.29 is 17.9 Å². The van der Waals surface area contributed by atoms with Gasteiger partial charge in [-0.1, -0.05) is 12.2 Å². The van der Waals surface area contributed by atoms with Crippen LogP contribution in [0.15, 0.2) is 42.3 Å². The molecule has 0 amide bonds. The fourth-order valence-electron chi connectivity index (χ4n) is 5.46. The van der Waals surface area contributed by atoms with Crippen LogP contribution in [-0.2, 0) is 0 Å². The van der Waals surface area contributed by atoms with Gasteiger partial charge in [-0.3, -0.25) is 4.68 Å². The molecule has 0 atom stereocenters. The summed E-state index contributed by atoms with van der Waals surface area (Å²) < 4.78 is 48.4. The highest BCUT2D eigenvalue weighted by Gasteiger charge is 2.39. The van der Waals surface area contributed by atoms with Gasteiger partial charge in [-0.2, -0.15) is 18.3 Å². The molecule has 1 saturated heterocycles. The molecule has 0 spiro atoms. The zero-order chi connectivity index (χ0) is 23.7. The second kappa shape index (κ2) is 9.62. The molecule has 9 heteroatoms. The van der Waals surface area contributed by atoms with E-state index in [2.05, 4.69) is 10.2 Å². The topological polar surface area (TPSA) is 45.6 Å². The third-order valence-electron chi connectivity index (χ3n) is 7.29. The number of halogens is 3. The first-order valence-electron chi connectivity index (χ1n) is 12.1. The maximum atomic E-state index is 13.6. The molecule has 5 rings (SSSR count). The zero-order valence-corrected chi connectivity index (χ0v) is 19.5. The Morgan fingerprint density at radius 1 is 1.12 bits per heavy atom. The average molecular weight is 476 g/mol. The minimum atomic E-state index is -4.45. The van der Waals surface area contributed by atoms with Gasteiger partial charge in [-0.05, 0) is 43.7 Å². The van der Waals surface area contributed by atoms with Crippen molar-refractivity contribution in [1.29, 1.82) is 0 Å². The molecule has 0 radical (unpaired) electrons. The van der Waals surface area contributed by atoms with Crippen LogP contribution in [0.4, 0.5) is 18.9 Å². The van der Waals surface area contributed by atoms with Gasteiger partial charge >= 0.3 is 6.18 Å². The van der Waals surface area contributed by atoms with Gasteiger partial charge in [0, 0.05) is 56.9 Å². The van der Waals surface area contributed by atoms with Gasteiger partial charge < -0.3 is 19.9 Å². The quantitative estimate of drug-likeness (QED) is 0.690. The summed E-state index contributed by atoms with van der Waals surface area (Å²) in [6.07, 6.45) is 6.31. The fraction of sp³-hybridized carbons (Fsp3) is 0.560. The van der Waals surface area contributed by atoms with Crippen LogP contribution in [0, 0.1) is 5.92 Å². The Hall–Kier alpha value is -2.52. The molecule has 3 heterocycles. The summed E-state index contributed by atoms with van der Waals surface area (Å²) in [6, 6.07) is 3.85. The number of fused-ring (bicyclic) bond motifs is 1. The largest absolute Gasteiger partial charge is 0.494 e. The van der Waals surface area contributed by atoms with E-state index in [9.17, 15) is 13.2 Å². The van der Waals surface area contributed by atoms with E-state index in [0.29, 0.717) is 17.5 Å². The number of alkyl halides is 3. The summed E-state index contributed by atoms with van der Waals surface area (Å²) in [5, 5.41) is 9.03. The number of hydrogen-bond donors (Lipinski definition) is 1. The monoisotopic (exact) mass is 475 g/mol. The van der Waals surface area contributed by atoms with E-state index in [4.69, 9.17) is 9.84 Å². The number of hydrogen-bond acceptors (Lipinski definition) is 5. The summed E-state index contributed by atoms with van der Waals surface area (Å²) in [4.78, 5) is 3.83. The Morgan fingerprint density at radius 3 is 2.59 bits per heavy atom. The highest BCUT2D eigenvalue weighted by atomic mass is 19.4. The van der Waals surface area contributed by atoms with Crippen LogP contribution >= 0.6 is 0 Å². The molecule has 1 N–H and O–H groups in total. The van der Waals surface area contributed by atoms with Gasteiger partial charge in [-0.15, -0.1) is 0 Å². The molecule has 2 fully saturated rings. The van der Waals surface area contributed by atoms with Crippen LogP contribution in [0.3, 0.4) is 0 Å². The van der Waals surface area contributed by atoms with E-state index in [1.165, 1.54) is 37.5 Å². The van der Waals surface area contributed by atoms with Crippen LogP contribution in [0.1, 0.15) is 31.7 Å². The van der Waals surface area contributed by atoms with Crippen LogP contribution < -0.4 is 15.0 Å². The van der Waals surface area contributed by atoms with Gasteiger partial charge in [0.15, 0.2) is 0 Å². The summed E-state index contributed by atoms with van der Waals surface area (Å²) in [5.41, 5.74) is 0.457. The molecular weight excluding hydrogens is 443 g/mol. The molecule has 34 heavy (non-hydrogen) atoms. The lowest BCUT2D eigenvalue weighted by Gasteiger charge is -2.34. The normalized spacial score (nSPS) is 24.5. The molecule has 3 aliphatic rings. The standard InChI is InChI=1S/C25H32F3N5O/c1-34-23-15-21-19(14-22(23)32-11-3-2-4-24(32)25(26,27)28)17-33(30-21)20-7-5-18(6-8-20)16-31-12-9-29-10-13-31/h2-4,14-15,17-18,20,29H,5-13,16H2,1H3. The number of aromatic nitrogens is 2. The number of nitrogens with zero attached hydrogens (tertiary/aromatic N) is 4.